The summed E-state index contributed by atoms with van der Waals surface area (Å²) in [6.45, 7) is 4.54. The lowest BCUT2D eigenvalue weighted by molar-refractivity contribution is 0.102. The fourth-order valence-electron chi connectivity index (χ4n) is 3.58. The van der Waals surface area contributed by atoms with Crippen molar-refractivity contribution in [2.75, 3.05) is 5.75 Å². The monoisotopic (exact) mass is 457 g/mol. The van der Waals surface area contributed by atoms with Crippen LogP contribution in [0.25, 0.3) is 0 Å². The number of ketones is 1. The molecule has 0 spiro atoms. The molecule has 0 saturated heterocycles. The summed E-state index contributed by atoms with van der Waals surface area (Å²) in [4.78, 5) is 12.6. The summed E-state index contributed by atoms with van der Waals surface area (Å²) in [5.41, 5.74) is 3.11. The zero-order chi connectivity index (χ0) is 23.0. The van der Waals surface area contributed by atoms with Crippen LogP contribution in [0.5, 0.6) is 5.75 Å². The molecule has 1 atom stereocenters. The van der Waals surface area contributed by atoms with Crippen molar-refractivity contribution in [3.8, 4) is 5.75 Å². The van der Waals surface area contributed by atoms with E-state index in [4.69, 9.17) is 4.74 Å². The molecule has 0 radical (unpaired) electrons. The van der Waals surface area contributed by atoms with Crippen LogP contribution in [0.4, 0.5) is 0 Å². The van der Waals surface area contributed by atoms with E-state index >= 15 is 0 Å². The fourth-order valence-corrected chi connectivity index (χ4v) is 4.51. The second-order valence-electron chi connectivity index (χ2n) is 7.72. The number of nitrogens with zero attached hydrogens (tertiary/aromatic N) is 3. The predicted octanol–water partition coefficient (Wildman–Crippen LogP) is 6.00. The number of aromatic nitrogens is 3. The maximum absolute atomic E-state index is 12.6. The molecule has 1 heterocycles. The third-order valence-corrected chi connectivity index (χ3v) is 6.48. The van der Waals surface area contributed by atoms with Crippen LogP contribution in [0, 0.1) is 0 Å². The Balaban J connectivity index is 1.55. The lowest BCUT2D eigenvalue weighted by atomic mass is 10.1. The summed E-state index contributed by atoms with van der Waals surface area (Å²) in [6, 6.07) is 27.6. The molecule has 0 N–H and O–H groups in total. The Kier molecular flexibility index (Phi) is 7.58. The SMILES string of the molecule is CCc1ccc(OCc2nnc(SCC(=O)c3ccccc3)n2C(C)c2ccccc2)cc1. The number of hydrogen-bond acceptors (Lipinski definition) is 5. The number of benzene rings is 3. The van der Waals surface area contributed by atoms with Gasteiger partial charge in [0.05, 0.1) is 11.8 Å². The average molecular weight is 458 g/mol. The molecule has 4 aromatic rings. The predicted molar refractivity (Wildman–Crippen MR) is 132 cm³/mol. The molecule has 6 heteroatoms. The summed E-state index contributed by atoms with van der Waals surface area (Å²) in [5.74, 6) is 1.88. The Bertz CT molecular complexity index is 1180. The molecule has 0 aliphatic heterocycles. The van der Waals surface area contributed by atoms with Gasteiger partial charge in [0.2, 0.25) is 0 Å². The first-order chi connectivity index (χ1) is 16.2. The normalized spacial score (nSPS) is 11.8. The van der Waals surface area contributed by atoms with Crippen LogP contribution >= 0.6 is 11.8 Å². The highest BCUT2D eigenvalue weighted by atomic mass is 32.2. The van der Waals surface area contributed by atoms with E-state index in [9.17, 15) is 4.79 Å². The zero-order valence-corrected chi connectivity index (χ0v) is 19.7. The minimum atomic E-state index is -0.00315. The first-order valence-electron chi connectivity index (χ1n) is 11.1. The van der Waals surface area contributed by atoms with Crippen molar-refractivity contribution >= 4 is 17.5 Å². The topological polar surface area (TPSA) is 57.0 Å². The Morgan fingerprint density at radius 3 is 2.27 bits per heavy atom. The molecule has 0 aliphatic carbocycles. The van der Waals surface area contributed by atoms with Crippen LogP contribution in [0.3, 0.4) is 0 Å². The third-order valence-electron chi connectivity index (χ3n) is 5.53. The van der Waals surface area contributed by atoms with Crippen LogP contribution in [-0.4, -0.2) is 26.3 Å². The van der Waals surface area contributed by atoms with Gasteiger partial charge < -0.3 is 4.74 Å². The van der Waals surface area contributed by atoms with Gasteiger partial charge in [0.1, 0.15) is 12.4 Å². The average Bonchev–Trinajstić information content (AvgIpc) is 3.29. The summed E-state index contributed by atoms with van der Waals surface area (Å²) < 4.78 is 8.10. The Labute approximate surface area is 198 Å². The van der Waals surface area contributed by atoms with Crippen molar-refractivity contribution in [3.63, 3.8) is 0 Å². The Morgan fingerprint density at radius 1 is 0.939 bits per heavy atom. The van der Waals surface area contributed by atoms with E-state index in [2.05, 4.69) is 52.9 Å². The summed E-state index contributed by atoms with van der Waals surface area (Å²) in [6.07, 6.45) is 0.992. The second kappa shape index (κ2) is 11.0. The van der Waals surface area contributed by atoms with Gasteiger partial charge >= 0.3 is 0 Å². The van der Waals surface area contributed by atoms with Gasteiger partial charge in [-0.2, -0.15) is 0 Å². The van der Waals surface area contributed by atoms with Gasteiger partial charge in [-0.05, 0) is 36.6 Å². The van der Waals surface area contributed by atoms with Gasteiger partial charge in [0.25, 0.3) is 0 Å². The minimum absolute atomic E-state index is 0.00315. The molecule has 0 bridgehead atoms. The van der Waals surface area contributed by atoms with E-state index in [0.29, 0.717) is 23.1 Å². The molecule has 1 unspecified atom stereocenters. The summed E-state index contributed by atoms with van der Waals surface area (Å²) >= 11 is 1.40. The van der Waals surface area contributed by atoms with Gasteiger partial charge in [-0.1, -0.05) is 91.5 Å². The van der Waals surface area contributed by atoms with Crippen molar-refractivity contribution in [1.29, 1.82) is 0 Å². The van der Waals surface area contributed by atoms with E-state index in [1.54, 1.807) is 0 Å². The molecular formula is C27H27N3O2S. The van der Waals surface area contributed by atoms with Gasteiger partial charge in [0.15, 0.2) is 16.8 Å². The smallest absolute Gasteiger partial charge is 0.192 e. The first kappa shape index (κ1) is 22.8. The molecule has 1 aromatic heterocycles. The van der Waals surface area contributed by atoms with E-state index in [0.717, 1.165) is 23.6 Å². The minimum Gasteiger partial charge on any atom is -0.486 e. The van der Waals surface area contributed by atoms with Crippen LogP contribution in [0.15, 0.2) is 90.1 Å². The van der Waals surface area contributed by atoms with E-state index in [1.165, 1.54) is 17.3 Å². The lowest BCUT2D eigenvalue weighted by Gasteiger charge is -2.18. The van der Waals surface area contributed by atoms with Gasteiger partial charge in [-0.25, -0.2) is 0 Å². The molecule has 0 fully saturated rings. The number of carbonyl (C=O) groups is 1. The molecule has 0 aliphatic rings. The molecule has 3 aromatic carbocycles. The lowest BCUT2D eigenvalue weighted by Crippen LogP contribution is -2.14. The molecule has 5 nitrogen and oxygen atoms in total. The second-order valence-corrected chi connectivity index (χ2v) is 8.66. The standard InChI is InChI=1S/C27H27N3O2S/c1-3-21-14-16-24(17-15-21)32-18-26-28-29-27(30(26)20(2)22-10-6-4-7-11-22)33-19-25(31)23-12-8-5-9-13-23/h4-17,20H,3,18-19H2,1-2H3. The molecular weight excluding hydrogens is 430 g/mol. The molecule has 0 saturated carbocycles. The first-order valence-corrected chi connectivity index (χ1v) is 12.1. The number of aryl methyl sites for hydroxylation is 1. The number of Topliss-reactive ketones (excluding diaryl/α,β-unsaturated/α-hetero) is 1. The molecule has 33 heavy (non-hydrogen) atoms. The highest BCUT2D eigenvalue weighted by Gasteiger charge is 2.21. The van der Waals surface area contributed by atoms with Gasteiger partial charge in [0, 0.05) is 5.56 Å². The van der Waals surface area contributed by atoms with Crippen molar-refractivity contribution in [2.24, 2.45) is 0 Å². The highest BCUT2D eigenvalue weighted by Crippen LogP contribution is 2.27. The number of ether oxygens (including phenoxy) is 1. The number of carbonyl (C=O) groups excluding carboxylic acids is 1. The van der Waals surface area contributed by atoms with Crippen LogP contribution < -0.4 is 4.74 Å². The summed E-state index contributed by atoms with van der Waals surface area (Å²) in [5, 5.41) is 9.53. The quantitative estimate of drug-likeness (QED) is 0.216. The van der Waals surface area contributed by atoms with Crippen molar-refractivity contribution < 1.29 is 9.53 Å². The van der Waals surface area contributed by atoms with E-state index < -0.39 is 0 Å². The maximum atomic E-state index is 12.6. The van der Waals surface area contributed by atoms with Gasteiger partial charge in [-0.3, -0.25) is 9.36 Å². The van der Waals surface area contributed by atoms with Crippen molar-refractivity contribution in [1.82, 2.24) is 14.8 Å². The largest absolute Gasteiger partial charge is 0.486 e. The zero-order valence-electron chi connectivity index (χ0n) is 18.8. The number of rotatable bonds is 10. The molecule has 0 amide bonds. The van der Waals surface area contributed by atoms with Gasteiger partial charge in [-0.15, -0.1) is 10.2 Å². The third kappa shape index (κ3) is 5.71. The van der Waals surface area contributed by atoms with E-state index in [1.807, 2.05) is 60.7 Å². The summed E-state index contributed by atoms with van der Waals surface area (Å²) in [7, 11) is 0. The maximum Gasteiger partial charge on any atom is 0.192 e. The Morgan fingerprint density at radius 2 is 1.61 bits per heavy atom. The molecule has 4 rings (SSSR count). The number of thioether (sulfide) groups is 1. The molecule has 168 valence electrons. The van der Waals surface area contributed by atoms with Crippen molar-refractivity contribution in [3.05, 3.63) is 107 Å². The number of hydrogen-bond donors (Lipinski definition) is 0. The highest BCUT2D eigenvalue weighted by molar-refractivity contribution is 7.99. The van der Waals surface area contributed by atoms with E-state index in [-0.39, 0.29) is 11.8 Å². The van der Waals surface area contributed by atoms with Crippen molar-refractivity contribution in [2.45, 2.75) is 38.1 Å². The van der Waals surface area contributed by atoms with Crippen LogP contribution in [0.1, 0.15) is 47.2 Å². The fraction of sp³-hybridized carbons (Fsp3) is 0.222. The van der Waals surface area contributed by atoms with Crippen LogP contribution in [-0.2, 0) is 13.0 Å². The van der Waals surface area contributed by atoms with Crippen LogP contribution in [0.2, 0.25) is 0 Å². The Hall–Kier alpha value is -3.38.